The van der Waals surface area contributed by atoms with Gasteiger partial charge in [0.25, 0.3) is 0 Å². The van der Waals surface area contributed by atoms with Gasteiger partial charge in [-0.15, -0.1) is 0 Å². The highest BCUT2D eigenvalue weighted by Gasteiger charge is 2.10. The molecule has 1 aromatic carbocycles. The Kier molecular flexibility index (Phi) is 5.44. The van der Waals surface area contributed by atoms with Gasteiger partial charge in [0, 0.05) is 23.0 Å². The van der Waals surface area contributed by atoms with Crippen molar-refractivity contribution in [2.24, 2.45) is 16.8 Å². The summed E-state index contributed by atoms with van der Waals surface area (Å²) in [5, 5.41) is 14.9. The van der Waals surface area contributed by atoms with E-state index < -0.39 is 0 Å². The molecule has 0 aliphatic rings. The van der Waals surface area contributed by atoms with Crippen LogP contribution in [0.1, 0.15) is 25.5 Å². The summed E-state index contributed by atoms with van der Waals surface area (Å²) in [7, 11) is 0. The average Bonchev–Trinajstić information content (AvgIpc) is 2.35. The maximum Gasteiger partial charge on any atom is 0.143 e. The molecule has 4 N–H and O–H groups in total. The Morgan fingerprint density at radius 3 is 2.53 bits per heavy atom. The fraction of sp³-hybridized carbons (Fsp3) is 0.417. The predicted octanol–water partition coefficient (Wildman–Crippen LogP) is 2.48. The van der Waals surface area contributed by atoms with E-state index in [4.69, 9.17) is 10.9 Å². The average molecular weight is 300 g/mol. The van der Waals surface area contributed by atoms with Crippen LogP contribution in [0.15, 0.2) is 33.9 Å². The van der Waals surface area contributed by atoms with Crippen molar-refractivity contribution in [3.63, 3.8) is 0 Å². The highest BCUT2D eigenvalue weighted by Crippen LogP contribution is 2.16. The smallest absolute Gasteiger partial charge is 0.143 e. The summed E-state index contributed by atoms with van der Waals surface area (Å²) in [4.78, 5) is 0. The van der Waals surface area contributed by atoms with Crippen LogP contribution >= 0.6 is 15.9 Å². The van der Waals surface area contributed by atoms with Crippen molar-refractivity contribution < 1.29 is 5.21 Å². The number of oxime groups is 1. The molecule has 0 saturated heterocycles. The summed E-state index contributed by atoms with van der Waals surface area (Å²) < 4.78 is 1.07. The number of nitrogens with one attached hydrogen (secondary N) is 1. The number of nitrogens with zero attached hydrogens (tertiary/aromatic N) is 1. The molecule has 4 nitrogen and oxygen atoms in total. The maximum absolute atomic E-state index is 8.55. The molecule has 0 aliphatic carbocycles. The van der Waals surface area contributed by atoms with E-state index in [0.29, 0.717) is 6.54 Å². The number of amidine groups is 1. The summed E-state index contributed by atoms with van der Waals surface area (Å²) >= 11 is 3.40. The summed E-state index contributed by atoms with van der Waals surface area (Å²) in [6.45, 7) is 4.67. The lowest BCUT2D eigenvalue weighted by atomic mass is 10.1. The normalized spacial score (nSPS) is 15.6. The first kappa shape index (κ1) is 14.0. The lowest BCUT2D eigenvalue weighted by molar-refractivity contribution is 0.313. The van der Waals surface area contributed by atoms with Crippen molar-refractivity contribution in [3.05, 3.63) is 34.3 Å². The maximum atomic E-state index is 8.55. The Labute approximate surface area is 110 Å². The number of halogens is 1. The van der Waals surface area contributed by atoms with Crippen LogP contribution in [0, 0.1) is 5.92 Å². The van der Waals surface area contributed by atoms with Crippen LogP contribution in [0.3, 0.4) is 0 Å². The van der Waals surface area contributed by atoms with Crippen LogP contribution < -0.4 is 11.1 Å². The number of nitrogens with two attached hydrogens (primary N) is 1. The molecule has 1 rings (SSSR count). The van der Waals surface area contributed by atoms with E-state index in [9.17, 15) is 0 Å². The van der Waals surface area contributed by atoms with Crippen LogP contribution in [0.2, 0.25) is 0 Å². The minimum absolute atomic E-state index is 0.0119. The Morgan fingerprint density at radius 2 is 2.00 bits per heavy atom. The SMILES string of the molecule is CC(CNC(C)c1ccc(Br)cc1)C(N)=NO. The van der Waals surface area contributed by atoms with Gasteiger partial charge in [-0.2, -0.15) is 0 Å². The first-order chi connectivity index (χ1) is 8.04. The molecule has 1 aromatic rings. The molecule has 0 amide bonds. The van der Waals surface area contributed by atoms with Crippen LogP contribution in [-0.4, -0.2) is 17.6 Å². The highest BCUT2D eigenvalue weighted by atomic mass is 79.9. The third kappa shape index (κ3) is 4.36. The van der Waals surface area contributed by atoms with Gasteiger partial charge in [-0.1, -0.05) is 40.1 Å². The molecule has 2 atom stereocenters. The quantitative estimate of drug-likeness (QED) is 0.338. The third-order valence-corrected chi connectivity index (χ3v) is 3.25. The zero-order valence-electron chi connectivity index (χ0n) is 10.0. The largest absolute Gasteiger partial charge is 0.409 e. The number of hydrogen-bond donors (Lipinski definition) is 3. The summed E-state index contributed by atoms with van der Waals surface area (Å²) in [5.41, 5.74) is 6.72. The van der Waals surface area contributed by atoms with Crippen LogP contribution in [-0.2, 0) is 0 Å². The molecule has 2 unspecified atom stereocenters. The van der Waals surface area contributed by atoms with Gasteiger partial charge < -0.3 is 16.3 Å². The molecule has 0 aliphatic heterocycles. The first-order valence-electron chi connectivity index (χ1n) is 5.51. The molecule has 0 saturated carbocycles. The number of hydrogen-bond acceptors (Lipinski definition) is 3. The second kappa shape index (κ2) is 6.61. The van der Waals surface area contributed by atoms with E-state index in [0.717, 1.165) is 4.47 Å². The lowest BCUT2D eigenvalue weighted by Crippen LogP contribution is -2.32. The Morgan fingerprint density at radius 1 is 1.41 bits per heavy atom. The standard InChI is InChI=1S/C12H18BrN3O/c1-8(12(14)16-17)7-15-9(2)10-3-5-11(13)6-4-10/h3-6,8-9,15,17H,7H2,1-2H3,(H2,14,16). The molecule has 94 valence electrons. The Bertz CT molecular complexity index is 378. The van der Waals surface area contributed by atoms with Gasteiger partial charge in [-0.05, 0) is 24.6 Å². The Balaban J connectivity index is 2.50. The van der Waals surface area contributed by atoms with Crippen molar-refractivity contribution in [2.75, 3.05) is 6.54 Å². The molecule has 0 fully saturated rings. The second-order valence-electron chi connectivity index (χ2n) is 4.11. The molecule has 0 aromatic heterocycles. The van der Waals surface area contributed by atoms with Gasteiger partial charge in [0.15, 0.2) is 0 Å². The molecule has 0 radical (unpaired) electrons. The first-order valence-corrected chi connectivity index (χ1v) is 6.30. The van der Waals surface area contributed by atoms with E-state index >= 15 is 0 Å². The van der Waals surface area contributed by atoms with Gasteiger partial charge in [0.05, 0.1) is 0 Å². The van der Waals surface area contributed by atoms with Gasteiger partial charge in [0.1, 0.15) is 5.84 Å². The van der Waals surface area contributed by atoms with Crippen LogP contribution in [0.25, 0.3) is 0 Å². The monoisotopic (exact) mass is 299 g/mol. The predicted molar refractivity (Wildman–Crippen MR) is 73.1 cm³/mol. The molecule has 5 heteroatoms. The van der Waals surface area contributed by atoms with Crippen molar-refractivity contribution in [2.45, 2.75) is 19.9 Å². The third-order valence-electron chi connectivity index (χ3n) is 2.72. The van der Waals surface area contributed by atoms with Gasteiger partial charge in [-0.25, -0.2) is 0 Å². The Hall–Kier alpha value is -1.07. The lowest BCUT2D eigenvalue weighted by Gasteiger charge is -2.17. The molecule has 17 heavy (non-hydrogen) atoms. The van der Waals surface area contributed by atoms with Crippen molar-refractivity contribution in [3.8, 4) is 0 Å². The number of rotatable bonds is 5. The van der Waals surface area contributed by atoms with E-state index in [1.165, 1.54) is 5.56 Å². The van der Waals surface area contributed by atoms with E-state index in [-0.39, 0.29) is 17.8 Å². The van der Waals surface area contributed by atoms with Crippen LogP contribution in [0.4, 0.5) is 0 Å². The second-order valence-corrected chi connectivity index (χ2v) is 5.02. The minimum atomic E-state index is 0.0119. The number of benzene rings is 1. The molecular weight excluding hydrogens is 282 g/mol. The fourth-order valence-corrected chi connectivity index (χ4v) is 1.69. The molecule has 0 heterocycles. The summed E-state index contributed by atoms with van der Waals surface area (Å²) in [6, 6.07) is 8.39. The zero-order chi connectivity index (χ0) is 12.8. The summed E-state index contributed by atoms with van der Waals surface area (Å²) in [6.07, 6.45) is 0. The zero-order valence-corrected chi connectivity index (χ0v) is 11.6. The molecular formula is C12H18BrN3O. The fourth-order valence-electron chi connectivity index (χ4n) is 1.43. The van der Waals surface area contributed by atoms with E-state index in [1.807, 2.05) is 19.1 Å². The summed E-state index contributed by atoms with van der Waals surface area (Å²) in [5.74, 6) is 0.262. The van der Waals surface area contributed by atoms with Gasteiger partial charge >= 0.3 is 0 Å². The van der Waals surface area contributed by atoms with Gasteiger partial charge in [0.2, 0.25) is 0 Å². The molecule has 0 bridgehead atoms. The highest BCUT2D eigenvalue weighted by molar-refractivity contribution is 9.10. The van der Waals surface area contributed by atoms with Gasteiger partial charge in [-0.3, -0.25) is 0 Å². The molecule has 0 spiro atoms. The van der Waals surface area contributed by atoms with Crippen molar-refractivity contribution in [1.29, 1.82) is 0 Å². The topological polar surface area (TPSA) is 70.6 Å². The van der Waals surface area contributed by atoms with E-state index in [2.05, 4.69) is 45.5 Å². The van der Waals surface area contributed by atoms with Crippen molar-refractivity contribution >= 4 is 21.8 Å². The van der Waals surface area contributed by atoms with Crippen LogP contribution in [0.5, 0.6) is 0 Å². The van der Waals surface area contributed by atoms with E-state index in [1.54, 1.807) is 0 Å². The van der Waals surface area contributed by atoms with Crippen molar-refractivity contribution in [1.82, 2.24) is 5.32 Å². The minimum Gasteiger partial charge on any atom is -0.409 e.